The lowest BCUT2D eigenvalue weighted by atomic mass is 10.1. The average Bonchev–Trinajstić information content (AvgIpc) is 2.34. The molecule has 0 saturated heterocycles. The second-order valence-corrected chi connectivity index (χ2v) is 3.62. The van der Waals surface area contributed by atoms with Gasteiger partial charge in [-0.3, -0.25) is 0 Å². The zero-order valence-corrected chi connectivity index (χ0v) is 10.5. The van der Waals surface area contributed by atoms with Crippen molar-refractivity contribution in [3.8, 4) is 17.6 Å². The number of carbonyl (C=O) groups is 1. The number of nitrogens with zero attached hydrogens (tertiary/aromatic N) is 1. The van der Waals surface area contributed by atoms with E-state index in [0.717, 1.165) is 0 Å². The van der Waals surface area contributed by atoms with E-state index >= 15 is 0 Å². The molecule has 0 spiro atoms. The van der Waals surface area contributed by atoms with E-state index in [2.05, 4.69) is 0 Å². The molecule has 5 nitrogen and oxygen atoms in total. The van der Waals surface area contributed by atoms with Gasteiger partial charge in [0.1, 0.15) is 11.6 Å². The number of benzene rings is 1. The fourth-order valence-corrected chi connectivity index (χ4v) is 1.63. The summed E-state index contributed by atoms with van der Waals surface area (Å²) >= 11 is 5.96. The molecule has 0 unspecified atom stereocenters. The van der Waals surface area contributed by atoms with Crippen molar-refractivity contribution in [3.05, 3.63) is 28.3 Å². The molecule has 0 atom stereocenters. The molecule has 0 saturated carbocycles. The van der Waals surface area contributed by atoms with Crippen LogP contribution in [0.15, 0.2) is 17.7 Å². The van der Waals surface area contributed by atoms with Crippen molar-refractivity contribution in [2.75, 3.05) is 14.2 Å². The SMILES string of the molecule is COc1cc(/C=C(\C#N)C(=O)O)cc(Cl)c1OC. The number of halogens is 1. The van der Waals surface area contributed by atoms with E-state index in [1.807, 2.05) is 0 Å². The first kappa shape index (κ1) is 13.9. The summed E-state index contributed by atoms with van der Waals surface area (Å²) in [6.45, 7) is 0. The summed E-state index contributed by atoms with van der Waals surface area (Å²) in [5, 5.41) is 17.7. The monoisotopic (exact) mass is 267 g/mol. The van der Waals surface area contributed by atoms with Gasteiger partial charge in [-0.05, 0) is 23.8 Å². The Balaban J connectivity index is 3.33. The fraction of sp³-hybridized carbons (Fsp3) is 0.167. The van der Waals surface area contributed by atoms with Gasteiger partial charge in [0, 0.05) is 0 Å². The molecule has 0 bridgehead atoms. The van der Waals surface area contributed by atoms with Gasteiger partial charge in [-0.1, -0.05) is 11.6 Å². The van der Waals surface area contributed by atoms with Gasteiger partial charge in [-0.2, -0.15) is 5.26 Å². The number of methoxy groups -OCH3 is 2. The normalized spacial score (nSPS) is 10.7. The Morgan fingerprint density at radius 3 is 2.56 bits per heavy atom. The fourth-order valence-electron chi connectivity index (χ4n) is 1.33. The lowest BCUT2D eigenvalue weighted by Gasteiger charge is -2.10. The van der Waals surface area contributed by atoms with Crippen molar-refractivity contribution < 1.29 is 19.4 Å². The first-order chi connectivity index (χ1) is 8.53. The summed E-state index contributed by atoms with van der Waals surface area (Å²) in [5.74, 6) is -0.590. The number of aliphatic carboxylic acids is 1. The van der Waals surface area contributed by atoms with E-state index in [0.29, 0.717) is 17.1 Å². The molecule has 0 radical (unpaired) electrons. The van der Waals surface area contributed by atoms with Crippen LogP contribution in [0.25, 0.3) is 6.08 Å². The lowest BCUT2D eigenvalue weighted by Crippen LogP contribution is -1.98. The van der Waals surface area contributed by atoms with Crippen LogP contribution in [0.5, 0.6) is 11.5 Å². The quantitative estimate of drug-likeness (QED) is 0.669. The van der Waals surface area contributed by atoms with Crippen molar-refractivity contribution >= 4 is 23.6 Å². The summed E-state index contributed by atoms with van der Waals surface area (Å²) in [7, 11) is 2.88. The smallest absolute Gasteiger partial charge is 0.346 e. The molecule has 1 N–H and O–H groups in total. The van der Waals surface area contributed by atoms with Gasteiger partial charge in [0.15, 0.2) is 11.5 Å². The van der Waals surface area contributed by atoms with Gasteiger partial charge in [0.05, 0.1) is 19.2 Å². The van der Waals surface area contributed by atoms with E-state index < -0.39 is 11.5 Å². The number of hydrogen-bond acceptors (Lipinski definition) is 4. The minimum absolute atomic E-state index is 0.269. The average molecular weight is 268 g/mol. The highest BCUT2D eigenvalue weighted by molar-refractivity contribution is 6.32. The van der Waals surface area contributed by atoms with Gasteiger partial charge in [0.25, 0.3) is 0 Å². The molecule has 94 valence electrons. The predicted octanol–water partition coefficient (Wildman–Crippen LogP) is 2.35. The van der Waals surface area contributed by atoms with Crippen LogP contribution in [-0.2, 0) is 4.79 Å². The summed E-state index contributed by atoms with van der Waals surface area (Å²) in [6, 6.07) is 4.60. The number of carboxylic acids is 1. The molecular weight excluding hydrogens is 258 g/mol. The molecule has 0 amide bonds. The van der Waals surface area contributed by atoms with Crippen LogP contribution in [0.4, 0.5) is 0 Å². The molecule has 0 aliphatic heterocycles. The van der Waals surface area contributed by atoms with Crippen LogP contribution in [0.2, 0.25) is 5.02 Å². The highest BCUT2D eigenvalue weighted by Gasteiger charge is 2.12. The number of nitriles is 1. The largest absolute Gasteiger partial charge is 0.493 e. The van der Waals surface area contributed by atoms with Crippen LogP contribution in [-0.4, -0.2) is 25.3 Å². The Labute approximate surface area is 109 Å². The molecule has 1 aromatic rings. The van der Waals surface area contributed by atoms with E-state index in [4.69, 9.17) is 31.4 Å². The van der Waals surface area contributed by atoms with Crippen LogP contribution < -0.4 is 9.47 Å². The maximum Gasteiger partial charge on any atom is 0.346 e. The van der Waals surface area contributed by atoms with Gasteiger partial charge in [-0.15, -0.1) is 0 Å². The second-order valence-electron chi connectivity index (χ2n) is 3.21. The molecule has 0 fully saturated rings. The van der Waals surface area contributed by atoms with Crippen LogP contribution in [0.3, 0.4) is 0 Å². The number of ether oxygens (including phenoxy) is 2. The molecule has 0 aliphatic rings. The third kappa shape index (κ3) is 2.93. The van der Waals surface area contributed by atoms with Crippen molar-refractivity contribution in [3.63, 3.8) is 0 Å². The molecule has 18 heavy (non-hydrogen) atoms. The van der Waals surface area contributed by atoms with Crippen LogP contribution >= 0.6 is 11.6 Å². The molecule has 1 rings (SSSR count). The van der Waals surface area contributed by atoms with Gasteiger partial charge >= 0.3 is 5.97 Å². The minimum atomic E-state index is -1.30. The molecule has 0 heterocycles. The van der Waals surface area contributed by atoms with Gasteiger partial charge < -0.3 is 14.6 Å². The van der Waals surface area contributed by atoms with Crippen molar-refractivity contribution in [2.24, 2.45) is 0 Å². The molecule has 0 aliphatic carbocycles. The second kappa shape index (κ2) is 5.94. The van der Waals surface area contributed by atoms with Crippen LogP contribution in [0, 0.1) is 11.3 Å². The summed E-state index contributed by atoms with van der Waals surface area (Å²) < 4.78 is 10.1. The molecule has 6 heteroatoms. The lowest BCUT2D eigenvalue weighted by molar-refractivity contribution is -0.132. The standard InChI is InChI=1S/C12H10ClNO4/c1-17-10-5-7(3-8(6-14)12(15)16)4-9(13)11(10)18-2/h3-5H,1-2H3,(H,15,16)/b8-3+. The van der Waals surface area contributed by atoms with Crippen LogP contribution in [0.1, 0.15) is 5.56 Å². The van der Waals surface area contributed by atoms with E-state index in [1.54, 1.807) is 6.07 Å². The summed E-state index contributed by atoms with van der Waals surface area (Å²) in [6.07, 6.45) is 1.20. The predicted molar refractivity (Wildman–Crippen MR) is 65.8 cm³/mol. The van der Waals surface area contributed by atoms with Crippen molar-refractivity contribution in [1.29, 1.82) is 5.26 Å². The van der Waals surface area contributed by atoms with E-state index in [-0.39, 0.29) is 5.02 Å². The molecule has 1 aromatic carbocycles. The summed E-state index contributed by atoms with van der Waals surface area (Å²) in [4.78, 5) is 10.7. The topological polar surface area (TPSA) is 79.5 Å². The maximum absolute atomic E-state index is 10.7. The Morgan fingerprint density at radius 1 is 1.44 bits per heavy atom. The minimum Gasteiger partial charge on any atom is -0.493 e. The van der Waals surface area contributed by atoms with Crippen molar-refractivity contribution in [2.45, 2.75) is 0 Å². The Morgan fingerprint density at radius 2 is 2.11 bits per heavy atom. The Kier molecular flexibility index (Phi) is 4.58. The zero-order valence-electron chi connectivity index (χ0n) is 9.73. The highest BCUT2D eigenvalue weighted by atomic mass is 35.5. The van der Waals surface area contributed by atoms with Gasteiger partial charge in [0.2, 0.25) is 0 Å². The molecular formula is C12H10ClNO4. The first-order valence-electron chi connectivity index (χ1n) is 4.80. The highest BCUT2D eigenvalue weighted by Crippen LogP contribution is 2.36. The number of hydrogen-bond donors (Lipinski definition) is 1. The third-order valence-electron chi connectivity index (χ3n) is 2.12. The number of carboxylic acid groups (broad SMARTS) is 1. The number of rotatable bonds is 4. The first-order valence-corrected chi connectivity index (χ1v) is 5.18. The third-order valence-corrected chi connectivity index (χ3v) is 2.40. The summed E-state index contributed by atoms with van der Waals surface area (Å²) in [5.41, 5.74) is 0.0508. The maximum atomic E-state index is 10.7. The van der Waals surface area contributed by atoms with E-state index in [1.165, 1.54) is 32.4 Å². The Hall–Kier alpha value is -2.19. The molecule has 0 aromatic heterocycles. The Bertz CT molecular complexity index is 546. The van der Waals surface area contributed by atoms with E-state index in [9.17, 15) is 4.79 Å². The van der Waals surface area contributed by atoms with Gasteiger partial charge in [-0.25, -0.2) is 4.79 Å². The van der Waals surface area contributed by atoms with Crippen molar-refractivity contribution in [1.82, 2.24) is 0 Å². The zero-order chi connectivity index (χ0) is 13.7.